The lowest BCUT2D eigenvalue weighted by atomic mass is 10.2. The molecule has 0 saturated heterocycles. The van der Waals surface area contributed by atoms with Gasteiger partial charge in [-0.25, -0.2) is 0 Å². The van der Waals surface area contributed by atoms with E-state index in [0.29, 0.717) is 6.42 Å². The van der Waals surface area contributed by atoms with Gasteiger partial charge in [-0.05, 0) is 38.0 Å². The highest BCUT2D eigenvalue weighted by Crippen LogP contribution is 1.98. The average molecular weight is 119 g/mol. The van der Waals surface area contributed by atoms with E-state index in [1.807, 2.05) is 19.1 Å². The summed E-state index contributed by atoms with van der Waals surface area (Å²) >= 11 is 0. The minimum atomic E-state index is 0.529. The monoisotopic (exact) mass is 119 g/mol. The maximum Gasteiger partial charge on any atom is 0.0409 e. The van der Waals surface area contributed by atoms with Crippen LogP contribution in [0.1, 0.15) is 11.3 Å². The highest BCUT2D eigenvalue weighted by atomic mass is 14.7. The summed E-state index contributed by atoms with van der Waals surface area (Å²) in [5.41, 5.74) is 2.17. The first kappa shape index (κ1) is 6.27. The molecule has 1 aromatic heterocycles. The van der Waals surface area contributed by atoms with Gasteiger partial charge in [-0.1, -0.05) is 0 Å². The lowest BCUT2D eigenvalue weighted by Gasteiger charge is -1.94. The second-order valence-corrected chi connectivity index (χ2v) is 2.03. The number of aryl methyl sites for hydroxylation is 1. The highest BCUT2D eigenvalue weighted by Gasteiger charge is 1.87. The molecule has 0 N–H and O–H groups in total. The van der Waals surface area contributed by atoms with Crippen molar-refractivity contribution in [2.45, 2.75) is 13.3 Å². The zero-order chi connectivity index (χ0) is 6.69. The predicted molar refractivity (Wildman–Crippen MR) is 37.0 cm³/mol. The third-order valence-corrected chi connectivity index (χ3v) is 1.18. The van der Waals surface area contributed by atoms with E-state index in [2.05, 4.69) is 4.98 Å². The van der Waals surface area contributed by atoms with Crippen molar-refractivity contribution in [3.05, 3.63) is 36.5 Å². The Morgan fingerprint density at radius 3 is 2.89 bits per heavy atom. The van der Waals surface area contributed by atoms with Gasteiger partial charge in [0.15, 0.2) is 0 Å². The molecule has 2 radical (unpaired) electrons. The standard InChI is InChI=1S/C8H9N/c1-3-8-6-7(2)4-5-9-8/h1,4-6H,3H2,2H3. The first-order chi connectivity index (χ1) is 4.33. The van der Waals surface area contributed by atoms with Crippen molar-refractivity contribution in [1.29, 1.82) is 0 Å². The summed E-state index contributed by atoms with van der Waals surface area (Å²) in [6.07, 6.45) is 2.30. The Balaban J connectivity index is 2.94. The molecule has 0 fully saturated rings. The van der Waals surface area contributed by atoms with Gasteiger partial charge < -0.3 is 0 Å². The Morgan fingerprint density at radius 2 is 2.44 bits per heavy atom. The van der Waals surface area contributed by atoms with Gasteiger partial charge in [0, 0.05) is 11.9 Å². The Hall–Kier alpha value is -0.850. The van der Waals surface area contributed by atoms with Crippen molar-refractivity contribution < 1.29 is 0 Å². The molecule has 46 valence electrons. The van der Waals surface area contributed by atoms with Gasteiger partial charge in [-0.2, -0.15) is 0 Å². The molecule has 0 aliphatic carbocycles. The Bertz CT molecular complexity index is 194. The molecule has 0 aliphatic rings. The van der Waals surface area contributed by atoms with E-state index in [1.165, 1.54) is 5.56 Å². The van der Waals surface area contributed by atoms with E-state index in [0.717, 1.165) is 5.69 Å². The van der Waals surface area contributed by atoms with E-state index >= 15 is 0 Å². The molecule has 0 saturated carbocycles. The summed E-state index contributed by atoms with van der Waals surface area (Å²) in [6.45, 7) is 7.38. The van der Waals surface area contributed by atoms with Crippen molar-refractivity contribution >= 4 is 0 Å². The van der Waals surface area contributed by atoms with Crippen LogP contribution in [0.4, 0.5) is 0 Å². The maximum absolute atomic E-state index is 5.36. The van der Waals surface area contributed by atoms with Gasteiger partial charge in [0.1, 0.15) is 0 Å². The molecule has 0 bridgehead atoms. The number of hydrogen-bond donors (Lipinski definition) is 0. The van der Waals surface area contributed by atoms with Crippen molar-refractivity contribution in [2.24, 2.45) is 0 Å². The lowest BCUT2D eigenvalue weighted by Crippen LogP contribution is -1.85. The highest BCUT2D eigenvalue weighted by molar-refractivity contribution is 5.14. The third-order valence-electron chi connectivity index (χ3n) is 1.18. The molecule has 0 aliphatic heterocycles. The van der Waals surface area contributed by atoms with Crippen molar-refractivity contribution in [2.75, 3.05) is 0 Å². The molecule has 0 spiro atoms. The summed E-state index contributed by atoms with van der Waals surface area (Å²) < 4.78 is 0. The van der Waals surface area contributed by atoms with Crippen LogP contribution in [-0.2, 0) is 6.42 Å². The number of aromatic nitrogens is 1. The van der Waals surface area contributed by atoms with Gasteiger partial charge in [0.05, 0.1) is 0 Å². The largest absolute Gasteiger partial charge is 0.261 e. The van der Waals surface area contributed by atoms with E-state index in [4.69, 9.17) is 6.92 Å². The van der Waals surface area contributed by atoms with E-state index in [9.17, 15) is 0 Å². The fourth-order valence-corrected chi connectivity index (χ4v) is 0.710. The molecule has 0 atom stereocenters. The fraction of sp³-hybridized carbons (Fsp3) is 0.250. The quantitative estimate of drug-likeness (QED) is 0.547. The van der Waals surface area contributed by atoms with Crippen LogP contribution in [0.3, 0.4) is 0 Å². The second-order valence-electron chi connectivity index (χ2n) is 2.03. The Kier molecular flexibility index (Phi) is 1.83. The molecular weight excluding hydrogens is 110 g/mol. The van der Waals surface area contributed by atoms with E-state index in [-0.39, 0.29) is 0 Å². The van der Waals surface area contributed by atoms with Crippen LogP contribution in [0.15, 0.2) is 18.3 Å². The topological polar surface area (TPSA) is 12.9 Å². The summed E-state index contributed by atoms with van der Waals surface area (Å²) in [4.78, 5) is 4.03. The summed E-state index contributed by atoms with van der Waals surface area (Å²) in [6, 6.07) is 3.94. The van der Waals surface area contributed by atoms with E-state index < -0.39 is 0 Å². The Morgan fingerprint density at radius 1 is 1.67 bits per heavy atom. The molecule has 0 aromatic carbocycles. The average Bonchev–Trinajstić information content (AvgIpc) is 1.88. The fourth-order valence-electron chi connectivity index (χ4n) is 0.710. The molecular formula is C8H9N. The molecule has 1 heterocycles. The second kappa shape index (κ2) is 2.62. The maximum atomic E-state index is 5.36. The number of rotatable bonds is 1. The minimum absolute atomic E-state index is 0.529. The molecule has 0 unspecified atom stereocenters. The third kappa shape index (κ3) is 1.53. The zero-order valence-corrected chi connectivity index (χ0v) is 5.46. The molecule has 0 amide bonds. The number of nitrogens with zero attached hydrogens (tertiary/aromatic N) is 1. The first-order valence-corrected chi connectivity index (χ1v) is 2.94. The molecule has 9 heavy (non-hydrogen) atoms. The molecule has 1 nitrogen and oxygen atoms in total. The van der Waals surface area contributed by atoms with Crippen LogP contribution < -0.4 is 0 Å². The summed E-state index contributed by atoms with van der Waals surface area (Å²) in [5.74, 6) is 0. The van der Waals surface area contributed by atoms with Crippen molar-refractivity contribution in [3.63, 3.8) is 0 Å². The SMILES string of the molecule is [CH]Cc1cc(C)ccn1. The zero-order valence-electron chi connectivity index (χ0n) is 5.46. The van der Waals surface area contributed by atoms with E-state index in [1.54, 1.807) is 6.20 Å². The smallest absolute Gasteiger partial charge is 0.0409 e. The van der Waals surface area contributed by atoms with Crippen molar-refractivity contribution in [1.82, 2.24) is 4.98 Å². The van der Waals surface area contributed by atoms with Crippen LogP contribution >= 0.6 is 0 Å². The van der Waals surface area contributed by atoms with Crippen LogP contribution in [0.2, 0.25) is 0 Å². The molecule has 1 heteroatoms. The van der Waals surface area contributed by atoms with Gasteiger partial charge in [0.2, 0.25) is 0 Å². The van der Waals surface area contributed by atoms with Gasteiger partial charge in [0.25, 0.3) is 0 Å². The van der Waals surface area contributed by atoms with Gasteiger partial charge >= 0.3 is 0 Å². The summed E-state index contributed by atoms with van der Waals surface area (Å²) in [7, 11) is 0. The van der Waals surface area contributed by atoms with Gasteiger partial charge in [-0.15, -0.1) is 0 Å². The molecule has 1 aromatic rings. The molecule has 1 rings (SSSR count). The van der Waals surface area contributed by atoms with Crippen LogP contribution in [-0.4, -0.2) is 4.98 Å². The van der Waals surface area contributed by atoms with Crippen LogP contribution in [0, 0.1) is 13.8 Å². The number of pyridine rings is 1. The van der Waals surface area contributed by atoms with Crippen LogP contribution in [0.25, 0.3) is 0 Å². The van der Waals surface area contributed by atoms with Gasteiger partial charge in [-0.3, -0.25) is 4.98 Å². The predicted octanol–water partition coefficient (Wildman–Crippen LogP) is 1.64. The number of hydrogen-bond acceptors (Lipinski definition) is 1. The minimum Gasteiger partial charge on any atom is -0.261 e. The lowest BCUT2D eigenvalue weighted by molar-refractivity contribution is 1.09. The Labute approximate surface area is 55.7 Å². The first-order valence-electron chi connectivity index (χ1n) is 2.94. The van der Waals surface area contributed by atoms with Crippen molar-refractivity contribution in [3.8, 4) is 0 Å². The normalized spacial score (nSPS) is 9.56. The van der Waals surface area contributed by atoms with Crippen LogP contribution in [0.5, 0.6) is 0 Å². The summed E-state index contributed by atoms with van der Waals surface area (Å²) in [5, 5.41) is 0.